The lowest BCUT2D eigenvalue weighted by Crippen LogP contribution is -2.26. The molecule has 94 valence electrons. The summed E-state index contributed by atoms with van der Waals surface area (Å²) in [5.41, 5.74) is 0. The van der Waals surface area contributed by atoms with E-state index in [2.05, 4.69) is 11.3 Å². The van der Waals surface area contributed by atoms with Gasteiger partial charge in [-0.05, 0) is 18.2 Å². The molecule has 0 atom stereocenters. The van der Waals surface area contributed by atoms with Gasteiger partial charge in [0.25, 0.3) is 0 Å². The standard InChI is InChI=1S/C11H15NO3S2/c1-2-7-16-8-6-12-17(14,15)11-5-3-4-10(13)9-11/h2-5,9,12-13H,1,6-8H2. The van der Waals surface area contributed by atoms with Crippen LogP contribution in [0.15, 0.2) is 41.8 Å². The lowest BCUT2D eigenvalue weighted by Gasteiger charge is -2.06. The van der Waals surface area contributed by atoms with Gasteiger partial charge in [0.2, 0.25) is 10.0 Å². The summed E-state index contributed by atoms with van der Waals surface area (Å²) in [6, 6.07) is 5.59. The van der Waals surface area contributed by atoms with E-state index in [4.69, 9.17) is 0 Å². The monoisotopic (exact) mass is 273 g/mol. The highest BCUT2D eigenvalue weighted by molar-refractivity contribution is 7.99. The first-order chi connectivity index (χ1) is 8.06. The molecule has 1 aromatic carbocycles. The summed E-state index contributed by atoms with van der Waals surface area (Å²) in [7, 11) is -3.52. The van der Waals surface area contributed by atoms with E-state index < -0.39 is 10.0 Å². The molecule has 0 fully saturated rings. The molecule has 1 aromatic rings. The van der Waals surface area contributed by atoms with E-state index in [0.29, 0.717) is 12.3 Å². The second-order valence-electron chi connectivity index (χ2n) is 3.26. The zero-order valence-electron chi connectivity index (χ0n) is 9.30. The molecule has 4 nitrogen and oxygen atoms in total. The number of phenols is 1. The maximum atomic E-state index is 11.8. The van der Waals surface area contributed by atoms with E-state index in [-0.39, 0.29) is 10.6 Å². The third-order valence-electron chi connectivity index (χ3n) is 1.90. The lowest BCUT2D eigenvalue weighted by atomic mass is 10.3. The summed E-state index contributed by atoms with van der Waals surface area (Å²) in [5.74, 6) is 1.42. The highest BCUT2D eigenvalue weighted by atomic mass is 32.2. The van der Waals surface area contributed by atoms with E-state index >= 15 is 0 Å². The van der Waals surface area contributed by atoms with Crippen molar-refractivity contribution in [1.82, 2.24) is 4.72 Å². The fourth-order valence-electron chi connectivity index (χ4n) is 1.15. The lowest BCUT2D eigenvalue weighted by molar-refractivity contribution is 0.473. The van der Waals surface area contributed by atoms with Crippen LogP contribution in [-0.2, 0) is 10.0 Å². The summed E-state index contributed by atoms with van der Waals surface area (Å²) >= 11 is 1.60. The van der Waals surface area contributed by atoms with Crippen LogP contribution in [-0.4, -0.2) is 31.6 Å². The largest absolute Gasteiger partial charge is 0.508 e. The quantitative estimate of drug-likeness (QED) is 0.585. The molecular weight excluding hydrogens is 258 g/mol. The molecule has 0 saturated heterocycles. The van der Waals surface area contributed by atoms with Gasteiger partial charge in [-0.3, -0.25) is 0 Å². The molecule has 0 spiro atoms. The van der Waals surface area contributed by atoms with Gasteiger partial charge in [-0.25, -0.2) is 13.1 Å². The predicted octanol–water partition coefficient (Wildman–Crippen LogP) is 1.59. The van der Waals surface area contributed by atoms with E-state index in [9.17, 15) is 13.5 Å². The molecule has 0 aliphatic carbocycles. The maximum Gasteiger partial charge on any atom is 0.240 e. The molecule has 0 aromatic heterocycles. The summed E-state index contributed by atoms with van der Waals surface area (Å²) in [4.78, 5) is 0.0752. The molecular formula is C11H15NO3S2. The minimum atomic E-state index is -3.52. The highest BCUT2D eigenvalue weighted by Crippen LogP contribution is 2.15. The minimum Gasteiger partial charge on any atom is -0.508 e. The number of phenolic OH excluding ortho intramolecular Hbond substituents is 1. The molecule has 0 amide bonds. The molecule has 17 heavy (non-hydrogen) atoms. The summed E-state index contributed by atoms with van der Waals surface area (Å²) < 4.78 is 26.0. The smallest absolute Gasteiger partial charge is 0.240 e. The van der Waals surface area contributed by atoms with Crippen LogP contribution >= 0.6 is 11.8 Å². The Hall–Kier alpha value is -0.980. The van der Waals surface area contributed by atoms with Gasteiger partial charge in [0, 0.05) is 18.1 Å². The number of sulfonamides is 1. The number of aromatic hydroxyl groups is 1. The van der Waals surface area contributed by atoms with Crippen LogP contribution in [0.5, 0.6) is 5.75 Å². The topological polar surface area (TPSA) is 66.4 Å². The Labute approximate surface area is 106 Å². The van der Waals surface area contributed by atoms with Crippen LogP contribution in [0.25, 0.3) is 0 Å². The summed E-state index contributed by atoms with van der Waals surface area (Å²) in [6.07, 6.45) is 1.77. The van der Waals surface area contributed by atoms with Crippen molar-refractivity contribution >= 4 is 21.8 Å². The zero-order chi connectivity index (χ0) is 12.7. The average Bonchev–Trinajstić information content (AvgIpc) is 2.29. The first-order valence-corrected chi connectivity index (χ1v) is 7.67. The van der Waals surface area contributed by atoms with Gasteiger partial charge >= 0.3 is 0 Å². The van der Waals surface area contributed by atoms with Crippen molar-refractivity contribution in [2.45, 2.75) is 4.90 Å². The second kappa shape index (κ2) is 6.68. The summed E-state index contributed by atoms with van der Waals surface area (Å²) in [6.45, 7) is 3.93. The van der Waals surface area contributed by atoms with Crippen LogP contribution in [0.1, 0.15) is 0 Å². The predicted molar refractivity (Wildman–Crippen MR) is 70.8 cm³/mol. The van der Waals surface area contributed by atoms with Gasteiger partial charge in [0.05, 0.1) is 4.90 Å². The molecule has 0 unspecified atom stereocenters. The zero-order valence-corrected chi connectivity index (χ0v) is 10.9. The van der Waals surface area contributed by atoms with Gasteiger partial charge in [-0.15, -0.1) is 6.58 Å². The second-order valence-corrected chi connectivity index (χ2v) is 6.18. The third kappa shape index (κ3) is 4.80. The van der Waals surface area contributed by atoms with Gasteiger partial charge in [0.15, 0.2) is 0 Å². The fourth-order valence-corrected chi connectivity index (χ4v) is 2.93. The molecule has 0 saturated carbocycles. The number of nitrogens with one attached hydrogen (secondary N) is 1. The molecule has 0 bridgehead atoms. The van der Waals surface area contributed by atoms with Crippen LogP contribution in [0.4, 0.5) is 0 Å². The average molecular weight is 273 g/mol. The van der Waals surface area contributed by atoms with Gasteiger partial charge in [-0.2, -0.15) is 11.8 Å². The Balaban J connectivity index is 2.54. The Kier molecular flexibility index (Phi) is 5.54. The van der Waals surface area contributed by atoms with Crippen molar-refractivity contribution in [2.24, 2.45) is 0 Å². The minimum absolute atomic E-state index is 0.0612. The van der Waals surface area contributed by atoms with Crippen molar-refractivity contribution in [3.05, 3.63) is 36.9 Å². The SMILES string of the molecule is C=CCSCCNS(=O)(=O)c1cccc(O)c1. The Morgan fingerprint density at radius 1 is 1.47 bits per heavy atom. The number of rotatable bonds is 7. The van der Waals surface area contributed by atoms with Gasteiger partial charge in [-0.1, -0.05) is 12.1 Å². The van der Waals surface area contributed by atoms with Crippen LogP contribution < -0.4 is 4.72 Å². The van der Waals surface area contributed by atoms with Crippen LogP contribution in [0.2, 0.25) is 0 Å². The highest BCUT2D eigenvalue weighted by Gasteiger charge is 2.13. The van der Waals surface area contributed by atoms with E-state index in [1.165, 1.54) is 24.3 Å². The van der Waals surface area contributed by atoms with Crippen molar-refractivity contribution in [1.29, 1.82) is 0 Å². The van der Waals surface area contributed by atoms with Gasteiger partial charge < -0.3 is 5.11 Å². The molecule has 6 heteroatoms. The molecule has 0 aliphatic rings. The van der Waals surface area contributed by atoms with Crippen molar-refractivity contribution in [2.75, 3.05) is 18.1 Å². The molecule has 2 N–H and O–H groups in total. The number of benzene rings is 1. The molecule has 1 rings (SSSR count). The first kappa shape index (κ1) is 14.1. The first-order valence-electron chi connectivity index (χ1n) is 5.03. The molecule has 0 radical (unpaired) electrons. The maximum absolute atomic E-state index is 11.8. The van der Waals surface area contributed by atoms with E-state index in [1.54, 1.807) is 17.8 Å². The van der Waals surface area contributed by atoms with Crippen molar-refractivity contribution in [3.8, 4) is 5.75 Å². The Morgan fingerprint density at radius 3 is 2.88 bits per heavy atom. The van der Waals surface area contributed by atoms with Crippen molar-refractivity contribution < 1.29 is 13.5 Å². The fraction of sp³-hybridized carbons (Fsp3) is 0.273. The Morgan fingerprint density at radius 2 is 2.24 bits per heavy atom. The molecule has 0 aliphatic heterocycles. The summed E-state index contributed by atoms with van der Waals surface area (Å²) in [5, 5.41) is 9.21. The molecule has 0 heterocycles. The van der Waals surface area contributed by atoms with Crippen LogP contribution in [0.3, 0.4) is 0 Å². The Bertz CT molecular complexity index is 471. The number of hydrogen-bond acceptors (Lipinski definition) is 4. The van der Waals surface area contributed by atoms with Crippen molar-refractivity contribution in [3.63, 3.8) is 0 Å². The number of thioether (sulfide) groups is 1. The van der Waals surface area contributed by atoms with Gasteiger partial charge in [0.1, 0.15) is 5.75 Å². The van der Waals surface area contributed by atoms with Crippen LogP contribution in [0, 0.1) is 0 Å². The normalized spacial score (nSPS) is 11.3. The number of hydrogen-bond donors (Lipinski definition) is 2. The third-order valence-corrected chi connectivity index (χ3v) is 4.33. The van der Waals surface area contributed by atoms with E-state index in [0.717, 1.165) is 5.75 Å². The van der Waals surface area contributed by atoms with E-state index in [1.807, 2.05) is 0 Å².